The first-order valence-corrected chi connectivity index (χ1v) is 6.83. The Hall–Kier alpha value is -2.20. The highest BCUT2D eigenvalue weighted by atomic mass is 35.5. The molecule has 0 saturated carbocycles. The summed E-state index contributed by atoms with van der Waals surface area (Å²) in [6, 6.07) is 12.1. The SMILES string of the molecule is COc1ccc(C(=O)O)cc1NC(C)c1ccccc1Cl. The van der Waals surface area contributed by atoms with Crippen LogP contribution in [0.25, 0.3) is 0 Å². The summed E-state index contributed by atoms with van der Waals surface area (Å²) in [5, 5.41) is 13.0. The van der Waals surface area contributed by atoms with Gasteiger partial charge in [-0.25, -0.2) is 4.79 Å². The van der Waals surface area contributed by atoms with Crippen LogP contribution in [0.4, 0.5) is 5.69 Å². The summed E-state index contributed by atoms with van der Waals surface area (Å²) in [6.07, 6.45) is 0. The summed E-state index contributed by atoms with van der Waals surface area (Å²) < 4.78 is 5.26. The first-order chi connectivity index (χ1) is 10.0. The summed E-state index contributed by atoms with van der Waals surface area (Å²) in [6.45, 7) is 1.95. The van der Waals surface area contributed by atoms with Crippen LogP contribution in [0.5, 0.6) is 5.75 Å². The number of carbonyl (C=O) groups is 1. The van der Waals surface area contributed by atoms with Gasteiger partial charge in [0.2, 0.25) is 0 Å². The molecule has 110 valence electrons. The Kier molecular flexibility index (Phi) is 4.70. The van der Waals surface area contributed by atoms with Crippen LogP contribution in [0.3, 0.4) is 0 Å². The van der Waals surface area contributed by atoms with Gasteiger partial charge in [-0.15, -0.1) is 0 Å². The molecule has 0 fully saturated rings. The summed E-state index contributed by atoms with van der Waals surface area (Å²) in [4.78, 5) is 11.1. The van der Waals surface area contributed by atoms with Crippen LogP contribution >= 0.6 is 11.6 Å². The van der Waals surface area contributed by atoms with E-state index in [-0.39, 0.29) is 11.6 Å². The van der Waals surface area contributed by atoms with Crippen molar-refractivity contribution in [3.05, 3.63) is 58.6 Å². The molecule has 0 aliphatic heterocycles. The number of nitrogens with one attached hydrogen (secondary N) is 1. The van der Waals surface area contributed by atoms with Gasteiger partial charge >= 0.3 is 5.97 Å². The van der Waals surface area contributed by atoms with Crippen LogP contribution in [-0.2, 0) is 0 Å². The van der Waals surface area contributed by atoms with Gasteiger partial charge in [-0.2, -0.15) is 0 Å². The number of carboxylic acids is 1. The molecule has 0 spiro atoms. The Labute approximate surface area is 128 Å². The molecule has 2 aromatic carbocycles. The smallest absolute Gasteiger partial charge is 0.335 e. The molecule has 2 aromatic rings. The lowest BCUT2D eigenvalue weighted by molar-refractivity contribution is 0.0697. The molecule has 0 aromatic heterocycles. The lowest BCUT2D eigenvalue weighted by Crippen LogP contribution is -2.09. The number of carboxylic acid groups (broad SMARTS) is 1. The second-order valence-corrected chi connectivity index (χ2v) is 5.01. The van der Waals surface area contributed by atoms with E-state index in [9.17, 15) is 4.79 Å². The second kappa shape index (κ2) is 6.50. The van der Waals surface area contributed by atoms with Crippen LogP contribution in [0.15, 0.2) is 42.5 Å². The molecule has 0 heterocycles. The topological polar surface area (TPSA) is 58.6 Å². The highest BCUT2D eigenvalue weighted by molar-refractivity contribution is 6.31. The number of methoxy groups -OCH3 is 1. The number of anilines is 1. The molecule has 1 unspecified atom stereocenters. The van der Waals surface area contributed by atoms with Crippen molar-refractivity contribution in [1.29, 1.82) is 0 Å². The fourth-order valence-corrected chi connectivity index (χ4v) is 2.39. The van der Waals surface area contributed by atoms with Crippen molar-refractivity contribution >= 4 is 23.3 Å². The average molecular weight is 306 g/mol. The van der Waals surface area contributed by atoms with Crippen molar-refractivity contribution in [1.82, 2.24) is 0 Å². The summed E-state index contributed by atoms with van der Waals surface area (Å²) >= 11 is 6.18. The van der Waals surface area contributed by atoms with Gasteiger partial charge in [-0.3, -0.25) is 0 Å². The van der Waals surface area contributed by atoms with Crippen molar-refractivity contribution in [2.45, 2.75) is 13.0 Å². The zero-order chi connectivity index (χ0) is 15.4. The Balaban J connectivity index is 2.31. The zero-order valence-corrected chi connectivity index (χ0v) is 12.5. The molecule has 21 heavy (non-hydrogen) atoms. The maximum absolute atomic E-state index is 11.1. The summed E-state index contributed by atoms with van der Waals surface area (Å²) in [5.74, 6) is -0.398. The quantitative estimate of drug-likeness (QED) is 0.868. The van der Waals surface area contributed by atoms with Crippen LogP contribution in [-0.4, -0.2) is 18.2 Å². The van der Waals surface area contributed by atoms with Crippen molar-refractivity contribution < 1.29 is 14.6 Å². The standard InChI is InChI=1S/C16H16ClNO3/c1-10(12-5-3-4-6-13(12)17)18-14-9-11(16(19)20)7-8-15(14)21-2/h3-10,18H,1-2H3,(H,19,20). The monoisotopic (exact) mass is 305 g/mol. The Bertz CT molecular complexity index is 658. The predicted octanol–water partition coefficient (Wildman–Crippen LogP) is 4.22. The lowest BCUT2D eigenvalue weighted by Gasteiger charge is -2.19. The molecule has 0 aliphatic rings. The molecule has 0 aliphatic carbocycles. The highest BCUT2D eigenvalue weighted by Gasteiger charge is 2.13. The third kappa shape index (κ3) is 3.47. The van der Waals surface area contributed by atoms with Gasteiger partial charge in [0.05, 0.1) is 24.4 Å². The van der Waals surface area contributed by atoms with E-state index < -0.39 is 5.97 Å². The minimum atomic E-state index is -0.980. The molecule has 4 nitrogen and oxygen atoms in total. The lowest BCUT2D eigenvalue weighted by atomic mass is 10.1. The van der Waals surface area contributed by atoms with E-state index in [2.05, 4.69) is 5.32 Å². The van der Waals surface area contributed by atoms with E-state index >= 15 is 0 Å². The van der Waals surface area contributed by atoms with Crippen molar-refractivity contribution in [2.24, 2.45) is 0 Å². The van der Waals surface area contributed by atoms with Gasteiger partial charge < -0.3 is 15.2 Å². The van der Waals surface area contributed by atoms with Gasteiger partial charge in [0.15, 0.2) is 0 Å². The van der Waals surface area contributed by atoms with Gasteiger partial charge in [0.25, 0.3) is 0 Å². The Morgan fingerprint density at radius 1 is 1.29 bits per heavy atom. The normalized spacial score (nSPS) is 11.8. The molecule has 0 radical (unpaired) electrons. The van der Waals surface area contributed by atoms with E-state index in [0.29, 0.717) is 16.5 Å². The molecular weight excluding hydrogens is 290 g/mol. The molecule has 0 amide bonds. The average Bonchev–Trinajstić information content (AvgIpc) is 2.47. The number of rotatable bonds is 5. The Morgan fingerprint density at radius 2 is 2.00 bits per heavy atom. The van der Waals surface area contributed by atoms with Gasteiger partial charge in [-0.05, 0) is 36.8 Å². The van der Waals surface area contributed by atoms with Crippen LogP contribution in [0, 0.1) is 0 Å². The number of ether oxygens (including phenoxy) is 1. The Morgan fingerprint density at radius 3 is 2.62 bits per heavy atom. The number of halogens is 1. The molecule has 0 saturated heterocycles. The summed E-state index contributed by atoms with van der Waals surface area (Å²) in [7, 11) is 1.54. The molecule has 1 atom stereocenters. The molecule has 0 bridgehead atoms. The fourth-order valence-electron chi connectivity index (χ4n) is 2.09. The van der Waals surface area contributed by atoms with Crippen molar-refractivity contribution in [3.63, 3.8) is 0 Å². The molecule has 2 N–H and O–H groups in total. The van der Waals surface area contributed by atoms with Gasteiger partial charge in [-0.1, -0.05) is 29.8 Å². The largest absolute Gasteiger partial charge is 0.495 e. The third-order valence-electron chi connectivity index (χ3n) is 3.19. The number of aromatic carboxylic acids is 1. The molecular formula is C16H16ClNO3. The fraction of sp³-hybridized carbons (Fsp3) is 0.188. The van der Waals surface area contributed by atoms with Crippen LogP contribution in [0.1, 0.15) is 28.9 Å². The predicted molar refractivity (Wildman–Crippen MR) is 83.4 cm³/mol. The molecule has 5 heteroatoms. The first kappa shape index (κ1) is 15.2. The maximum Gasteiger partial charge on any atom is 0.335 e. The van der Waals surface area contributed by atoms with Crippen molar-refractivity contribution in [3.8, 4) is 5.75 Å². The van der Waals surface area contributed by atoms with Gasteiger partial charge in [0, 0.05) is 5.02 Å². The van der Waals surface area contributed by atoms with Crippen LogP contribution < -0.4 is 10.1 Å². The number of benzene rings is 2. The number of hydrogen-bond donors (Lipinski definition) is 2. The van der Waals surface area contributed by atoms with E-state index in [1.54, 1.807) is 19.2 Å². The van der Waals surface area contributed by atoms with E-state index in [1.807, 2.05) is 31.2 Å². The van der Waals surface area contributed by atoms with Crippen molar-refractivity contribution in [2.75, 3.05) is 12.4 Å². The minimum absolute atomic E-state index is 0.0864. The zero-order valence-electron chi connectivity index (χ0n) is 11.8. The van der Waals surface area contributed by atoms with E-state index in [1.165, 1.54) is 6.07 Å². The minimum Gasteiger partial charge on any atom is -0.495 e. The highest BCUT2D eigenvalue weighted by Crippen LogP contribution is 2.31. The number of hydrogen-bond acceptors (Lipinski definition) is 3. The van der Waals surface area contributed by atoms with E-state index in [4.69, 9.17) is 21.4 Å². The maximum atomic E-state index is 11.1. The summed E-state index contributed by atoms with van der Waals surface area (Å²) in [5.41, 5.74) is 1.75. The van der Waals surface area contributed by atoms with Crippen LogP contribution in [0.2, 0.25) is 5.02 Å². The second-order valence-electron chi connectivity index (χ2n) is 4.61. The van der Waals surface area contributed by atoms with Gasteiger partial charge in [0.1, 0.15) is 5.75 Å². The molecule has 2 rings (SSSR count). The first-order valence-electron chi connectivity index (χ1n) is 6.45. The van der Waals surface area contributed by atoms with E-state index in [0.717, 1.165) is 5.56 Å². The third-order valence-corrected chi connectivity index (χ3v) is 3.53.